The number of nitro benzene ring substituents is 1. The van der Waals surface area contributed by atoms with E-state index in [0.29, 0.717) is 23.5 Å². The summed E-state index contributed by atoms with van der Waals surface area (Å²) in [6.45, 7) is 7.01. The van der Waals surface area contributed by atoms with Crippen LogP contribution in [-0.2, 0) is 4.74 Å². The smallest absolute Gasteiger partial charge is 0.410 e. The Morgan fingerprint density at radius 3 is 2.96 bits per heavy atom. The van der Waals surface area contributed by atoms with Crippen LogP contribution in [0, 0.1) is 16.0 Å². The monoisotopic (exact) mass is 392 g/mol. The number of ether oxygens (including phenoxy) is 1. The summed E-state index contributed by atoms with van der Waals surface area (Å²) in [5, 5.41) is 11.6. The van der Waals surface area contributed by atoms with Gasteiger partial charge < -0.3 is 14.6 Å². The Hall–Kier alpha value is -2.29. The lowest BCUT2D eigenvalue weighted by Crippen LogP contribution is -2.43. The summed E-state index contributed by atoms with van der Waals surface area (Å²) in [6, 6.07) is 4.60. The lowest BCUT2D eigenvalue weighted by Gasteiger charge is -2.33. The fraction of sp³-hybridized carbons (Fsp3) is 0.556. The summed E-state index contributed by atoms with van der Waals surface area (Å²) >= 11 is 1.58. The van der Waals surface area contributed by atoms with Crippen molar-refractivity contribution in [3.8, 4) is 0 Å². The Labute approximate surface area is 161 Å². The molecule has 27 heavy (non-hydrogen) atoms. The Balaban J connectivity index is 1.58. The van der Waals surface area contributed by atoms with Crippen molar-refractivity contribution in [2.75, 3.05) is 18.8 Å². The van der Waals surface area contributed by atoms with E-state index in [1.165, 1.54) is 12.1 Å². The Bertz CT molecular complexity index is 845. The molecule has 3 rings (SSSR count). The number of non-ortho nitro benzene ring substituents is 1. The first-order valence-corrected chi connectivity index (χ1v) is 9.95. The quantitative estimate of drug-likeness (QED) is 0.475. The van der Waals surface area contributed by atoms with Gasteiger partial charge in [0.25, 0.3) is 5.69 Å². The number of carbonyl (C=O) groups excluding carboxylic acids is 1. The van der Waals surface area contributed by atoms with E-state index in [1.54, 1.807) is 22.7 Å². The van der Waals surface area contributed by atoms with E-state index in [1.807, 2.05) is 20.8 Å². The average Bonchev–Trinajstić information content (AvgIpc) is 3.00. The molecule has 0 bridgehead atoms. The van der Waals surface area contributed by atoms with E-state index in [0.717, 1.165) is 30.3 Å². The van der Waals surface area contributed by atoms with Gasteiger partial charge >= 0.3 is 6.09 Å². The minimum absolute atomic E-state index is 0.0444. The molecule has 1 amide bonds. The first-order chi connectivity index (χ1) is 12.7. The predicted molar refractivity (Wildman–Crippen MR) is 104 cm³/mol. The van der Waals surface area contributed by atoms with Gasteiger partial charge in [-0.2, -0.15) is 0 Å². The number of likely N-dealkylation sites (tertiary alicyclic amines) is 1. The molecule has 1 N–H and O–H groups in total. The minimum atomic E-state index is -0.490. The van der Waals surface area contributed by atoms with Crippen LogP contribution in [0.5, 0.6) is 0 Å². The van der Waals surface area contributed by atoms with Gasteiger partial charge in [-0.25, -0.2) is 9.78 Å². The van der Waals surface area contributed by atoms with Gasteiger partial charge in [-0.3, -0.25) is 10.1 Å². The number of imidazole rings is 1. The van der Waals surface area contributed by atoms with Crippen LogP contribution in [0.1, 0.15) is 33.6 Å². The molecule has 1 aromatic carbocycles. The van der Waals surface area contributed by atoms with Gasteiger partial charge in [-0.05, 0) is 45.6 Å². The van der Waals surface area contributed by atoms with Crippen LogP contribution in [0.2, 0.25) is 0 Å². The van der Waals surface area contributed by atoms with Crippen LogP contribution < -0.4 is 0 Å². The highest BCUT2D eigenvalue weighted by atomic mass is 32.2. The minimum Gasteiger partial charge on any atom is -0.444 e. The average molecular weight is 392 g/mol. The largest absolute Gasteiger partial charge is 0.444 e. The van der Waals surface area contributed by atoms with Crippen molar-refractivity contribution >= 4 is 34.6 Å². The third-order valence-corrected chi connectivity index (χ3v) is 5.39. The van der Waals surface area contributed by atoms with Gasteiger partial charge in [0, 0.05) is 31.0 Å². The molecule has 1 aliphatic heterocycles. The number of piperidine rings is 1. The molecule has 1 aliphatic rings. The first kappa shape index (κ1) is 19.5. The molecule has 9 heteroatoms. The summed E-state index contributed by atoms with van der Waals surface area (Å²) in [6.07, 6.45) is 1.75. The second-order valence-electron chi connectivity index (χ2n) is 7.75. The molecule has 2 aromatic rings. The number of nitro groups is 1. The van der Waals surface area contributed by atoms with E-state index in [-0.39, 0.29) is 11.8 Å². The van der Waals surface area contributed by atoms with E-state index >= 15 is 0 Å². The van der Waals surface area contributed by atoms with Crippen molar-refractivity contribution in [1.29, 1.82) is 0 Å². The fourth-order valence-corrected chi connectivity index (χ4v) is 4.06. The van der Waals surface area contributed by atoms with Crippen molar-refractivity contribution in [2.45, 2.75) is 44.4 Å². The fourth-order valence-electron chi connectivity index (χ4n) is 3.05. The van der Waals surface area contributed by atoms with Crippen molar-refractivity contribution in [3.63, 3.8) is 0 Å². The maximum absolute atomic E-state index is 12.3. The van der Waals surface area contributed by atoms with Gasteiger partial charge in [-0.15, -0.1) is 0 Å². The van der Waals surface area contributed by atoms with Gasteiger partial charge in [0.15, 0.2) is 5.16 Å². The number of nitrogens with one attached hydrogen (secondary N) is 1. The highest BCUT2D eigenvalue weighted by molar-refractivity contribution is 7.99. The Morgan fingerprint density at radius 1 is 1.48 bits per heavy atom. The van der Waals surface area contributed by atoms with E-state index in [2.05, 4.69) is 9.97 Å². The number of aromatic amines is 1. The SMILES string of the molecule is CC(C)(C)OC(=O)N1CCC[C@@H](CSc2nc3ccc([N+](=O)[O-])cc3[nH]2)C1. The number of rotatable bonds is 4. The van der Waals surface area contributed by atoms with Crippen LogP contribution in [0.25, 0.3) is 11.0 Å². The van der Waals surface area contributed by atoms with Gasteiger partial charge in [-0.1, -0.05) is 11.8 Å². The number of hydrogen-bond donors (Lipinski definition) is 1. The van der Waals surface area contributed by atoms with Gasteiger partial charge in [0.05, 0.1) is 16.0 Å². The van der Waals surface area contributed by atoms with Crippen molar-refractivity contribution in [1.82, 2.24) is 14.9 Å². The second kappa shape index (κ2) is 7.75. The van der Waals surface area contributed by atoms with Gasteiger partial charge in [0.1, 0.15) is 5.60 Å². The molecule has 0 unspecified atom stereocenters. The molecule has 1 fully saturated rings. The summed E-state index contributed by atoms with van der Waals surface area (Å²) in [7, 11) is 0. The molecular formula is C18H24N4O4S. The second-order valence-corrected chi connectivity index (χ2v) is 8.75. The number of hydrogen-bond acceptors (Lipinski definition) is 6. The Morgan fingerprint density at radius 2 is 2.26 bits per heavy atom. The van der Waals surface area contributed by atoms with Crippen molar-refractivity contribution in [2.24, 2.45) is 5.92 Å². The number of carbonyl (C=O) groups is 1. The molecule has 1 saturated heterocycles. The summed E-state index contributed by atoms with van der Waals surface area (Å²) in [5.41, 5.74) is 0.922. The molecular weight excluding hydrogens is 368 g/mol. The molecule has 1 atom stereocenters. The van der Waals surface area contributed by atoms with Crippen molar-refractivity contribution in [3.05, 3.63) is 28.3 Å². The number of H-pyrrole nitrogens is 1. The number of nitrogens with zero attached hydrogens (tertiary/aromatic N) is 3. The van der Waals surface area contributed by atoms with Crippen LogP contribution in [0.15, 0.2) is 23.4 Å². The normalized spacial score (nSPS) is 17.9. The molecule has 0 aliphatic carbocycles. The van der Waals surface area contributed by atoms with E-state index in [4.69, 9.17) is 4.74 Å². The van der Waals surface area contributed by atoms with E-state index in [9.17, 15) is 14.9 Å². The first-order valence-electron chi connectivity index (χ1n) is 8.96. The highest BCUT2D eigenvalue weighted by Crippen LogP contribution is 2.27. The van der Waals surface area contributed by atoms with Crippen LogP contribution in [0.3, 0.4) is 0 Å². The standard InChI is InChI=1S/C18H24N4O4S/c1-18(2,3)26-17(23)21-8-4-5-12(10-21)11-27-16-19-14-7-6-13(22(24)25)9-15(14)20-16/h6-7,9,12H,4-5,8,10-11H2,1-3H3,(H,19,20)/t12-/m1/s1. The zero-order valence-electron chi connectivity index (χ0n) is 15.7. The van der Waals surface area contributed by atoms with Gasteiger partial charge in [0.2, 0.25) is 0 Å². The third kappa shape index (κ3) is 5.12. The Kier molecular flexibility index (Phi) is 5.59. The molecule has 8 nitrogen and oxygen atoms in total. The number of aromatic nitrogens is 2. The van der Waals surface area contributed by atoms with Crippen LogP contribution in [-0.4, -0.2) is 50.3 Å². The lowest BCUT2D eigenvalue weighted by atomic mass is 10.0. The number of fused-ring (bicyclic) bond motifs is 1. The topological polar surface area (TPSA) is 101 Å². The molecule has 0 radical (unpaired) electrons. The van der Waals surface area contributed by atoms with Crippen LogP contribution >= 0.6 is 11.8 Å². The zero-order chi connectivity index (χ0) is 19.6. The summed E-state index contributed by atoms with van der Waals surface area (Å²) in [5.74, 6) is 1.18. The van der Waals surface area contributed by atoms with Crippen molar-refractivity contribution < 1.29 is 14.5 Å². The number of benzene rings is 1. The highest BCUT2D eigenvalue weighted by Gasteiger charge is 2.27. The maximum Gasteiger partial charge on any atom is 0.410 e. The number of amides is 1. The molecule has 146 valence electrons. The van der Waals surface area contributed by atoms with Crippen LogP contribution in [0.4, 0.5) is 10.5 Å². The zero-order valence-corrected chi connectivity index (χ0v) is 16.5. The summed E-state index contributed by atoms with van der Waals surface area (Å²) < 4.78 is 5.47. The molecule has 0 spiro atoms. The van der Waals surface area contributed by atoms with E-state index < -0.39 is 10.5 Å². The molecule has 1 aromatic heterocycles. The third-order valence-electron chi connectivity index (χ3n) is 4.28. The number of thioether (sulfide) groups is 1. The molecule has 2 heterocycles. The molecule has 0 saturated carbocycles. The predicted octanol–water partition coefficient (Wildman–Crippen LogP) is 4.21. The summed E-state index contributed by atoms with van der Waals surface area (Å²) in [4.78, 5) is 32.1. The maximum atomic E-state index is 12.3. The lowest BCUT2D eigenvalue weighted by molar-refractivity contribution is -0.384.